The Morgan fingerprint density at radius 2 is 2.08 bits per heavy atom. The number of aryl methyl sites for hydroxylation is 2. The minimum Gasteiger partial charge on any atom is -0.307 e. The monoisotopic (exact) mass is 337 g/mol. The van der Waals surface area contributed by atoms with E-state index in [9.17, 15) is 4.79 Å². The summed E-state index contributed by atoms with van der Waals surface area (Å²) in [4.78, 5) is 21.9. The number of benzene rings is 1. The first-order valence-electron chi connectivity index (χ1n) is 7.97. The van der Waals surface area contributed by atoms with Crippen LogP contribution in [0.1, 0.15) is 33.6 Å². The van der Waals surface area contributed by atoms with Crippen molar-refractivity contribution >= 4 is 34.2 Å². The molecule has 3 aromatic rings. The number of pyridine rings is 2. The summed E-state index contributed by atoms with van der Waals surface area (Å²) in [6.45, 7) is 1.96. The van der Waals surface area contributed by atoms with E-state index in [1.165, 1.54) is 0 Å². The number of hydrogen-bond acceptors (Lipinski definition) is 3. The third-order valence-electron chi connectivity index (χ3n) is 4.35. The molecule has 0 radical (unpaired) electrons. The van der Waals surface area contributed by atoms with Gasteiger partial charge in [-0.3, -0.25) is 9.78 Å². The number of nitrogens with one attached hydrogen (secondary N) is 1. The lowest BCUT2D eigenvalue weighted by Gasteiger charge is -2.13. The number of anilines is 1. The van der Waals surface area contributed by atoms with Crippen LogP contribution in [0.2, 0.25) is 5.02 Å². The van der Waals surface area contributed by atoms with Gasteiger partial charge in [-0.15, -0.1) is 0 Å². The van der Waals surface area contributed by atoms with E-state index in [4.69, 9.17) is 16.6 Å². The van der Waals surface area contributed by atoms with Crippen LogP contribution >= 0.6 is 11.6 Å². The van der Waals surface area contributed by atoms with Crippen LogP contribution in [0, 0.1) is 6.92 Å². The van der Waals surface area contributed by atoms with E-state index in [-0.39, 0.29) is 5.91 Å². The number of amides is 1. The first-order valence-corrected chi connectivity index (χ1v) is 8.34. The Balaban J connectivity index is 1.83. The quantitative estimate of drug-likeness (QED) is 0.757. The molecule has 1 aliphatic rings. The lowest BCUT2D eigenvalue weighted by Crippen LogP contribution is -2.16. The van der Waals surface area contributed by atoms with Crippen LogP contribution in [-0.2, 0) is 12.8 Å². The number of rotatable bonds is 2. The van der Waals surface area contributed by atoms with E-state index in [2.05, 4.69) is 10.3 Å². The molecule has 0 saturated heterocycles. The normalized spacial score (nSPS) is 13.1. The molecule has 1 amide bonds. The number of hydrogen-bond donors (Lipinski definition) is 1. The van der Waals surface area contributed by atoms with Gasteiger partial charge in [0.25, 0.3) is 5.91 Å². The maximum Gasteiger partial charge on any atom is 0.257 e. The largest absolute Gasteiger partial charge is 0.307 e. The zero-order chi connectivity index (χ0) is 16.7. The van der Waals surface area contributed by atoms with E-state index in [1.807, 2.05) is 31.2 Å². The van der Waals surface area contributed by atoms with Crippen LogP contribution in [0.25, 0.3) is 10.9 Å². The van der Waals surface area contributed by atoms with Crippen molar-refractivity contribution in [2.24, 2.45) is 0 Å². The fraction of sp³-hybridized carbons (Fsp3) is 0.211. The van der Waals surface area contributed by atoms with Crippen molar-refractivity contribution in [1.29, 1.82) is 0 Å². The highest BCUT2D eigenvalue weighted by atomic mass is 35.5. The van der Waals surface area contributed by atoms with Crippen LogP contribution < -0.4 is 5.32 Å². The standard InChI is InChI=1S/C19H16ClN3O/c1-11-5-8-17(21-10-11)23-19(24)18-13-3-2-4-15(13)22-16-7-6-12(20)9-14(16)18/h5-10H,2-4H2,1H3,(H,21,23,24). The van der Waals surface area contributed by atoms with Crippen LogP contribution in [0.3, 0.4) is 0 Å². The van der Waals surface area contributed by atoms with Gasteiger partial charge in [0.05, 0.1) is 11.1 Å². The van der Waals surface area contributed by atoms with Gasteiger partial charge in [0.2, 0.25) is 0 Å². The van der Waals surface area contributed by atoms with Gasteiger partial charge in [-0.25, -0.2) is 4.98 Å². The van der Waals surface area contributed by atoms with Crippen molar-refractivity contribution in [3.8, 4) is 0 Å². The van der Waals surface area contributed by atoms with Crippen molar-refractivity contribution in [2.75, 3.05) is 5.32 Å². The Bertz CT molecular complexity index is 951. The molecule has 1 aromatic carbocycles. The van der Waals surface area contributed by atoms with Gasteiger partial charge in [-0.2, -0.15) is 0 Å². The van der Waals surface area contributed by atoms with Gasteiger partial charge in [0, 0.05) is 22.3 Å². The van der Waals surface area contributed by atoms with Gasteiger partial charge in [0.15, 0.2) is 0 Å². The highest BCUT2D eigenvalue weighted by molar-refractivity contribution is 6.31. The highest BCUT2D eigenvalue weighted by Gasteiger charge is 2.24. The number of carbonyl (C=O) groups is 1. The maximum atomic E-state index is 13.0. The summed E-state index contributed by atoms with van der Waals surface area (Å²) in [5, 5.41) is 4.31. The number of fused-ring (bicyclic) bond motifs is 2. The average molecular weight is 338 g/mol. The molecular weight excluding hydrogens is 322 g/mol. The van der Waals surface area contributed by atoms with Crippen LogP contribution in [-0.4, -0.2) is 15.9 Å². The molecular formula is C19H16ClN3O. The zero-order valence-electron chi connectivity index (χ0n) is 13.3. The molecule has 0 unspecified atom stereocenters. The predicted molar refractivity (Wildman–Crippen MR) is 95.7 cm³/mol. The smallest absolute Gasteiger partial charge is 0.257 e. The fourth-order valence-electron chi connectivity index (χ4n) is 3.21. The van der Waals surface area contributed by atoms with Gasteiger partial charge in [-0.1, -0.05) is 17.7 Å². The summed E-state index contributed by atoms with van der Waals surface area (Å²) in [7, 11) is 0. The molecule has 120 valence electrons. The maximum absolute atomic E-state index is 13.0. The summed E-state index contributed by atoms with van der Waals surface area (Å²) < 4.78 is 0. The topological polar surface area (TPSA) is 54.9 Å². The van der Waals surface area contributed by atoms with E-state index in [0.717, 1.165) is 47.0 Å². The van der Waals surface area contributed by atoms with Crippen molar-refractivity contribution < 1.29 is 4.79 Å². The average Bonchev–Trinajstić information content (AvgIpc) is 3.02. The molecule has 4 rings (SSSR count). The molecule has 1 N–H and O–H groups in total. The van der Waals surface area contributed by atoms with Gasteiger partial charge in [-0.05, 0) is 61.6 Å². The first-order chi connectivity index (χ1) is 11.6. The summed E-state index contributed by atoms with van der Waals surface area (Å²) in [5.41, 5.74) is 4.59. The SMILES string of the molecule is Cc1ccc(NC(=O)c2c3c(nc4ccc(Cl)cc24)CCC3)nc1. The van der Waals surface area contributed by atoms with Gasteiger partial charge < -0.3 is 5.32 Å². The molecule has 0 bridgehead atoms. The third kappa shape index (κ3) is 2.63. The van der Waals surface area contributed by atoms with E-state index in [1.54, 1.807) is 12.3 Å². The molecule has 2 aromatic heterocycles. The Morgan fingerprint density at radius 1 is 1.21 bits per heavy atom. The molecule has 0 saturated carbocycles. The molecule has 5 heteroatoms. The van der Waals surface area contributed by atoms with Gasteiger partial charge >= 0.3 is 0 Å². The molecule has 4 nitrogen and oxygen atoms in total. The molecule has 0 fully saturated rings. The highest BCUT2D eigenvalue weighted by Crippen LogP contribution is 2.31. The van der Waals surface area contributed by atoms with Crippen molar-refractivity contribution in [3.63, 3.8) is 0 Å². The Labute approximate surface area is 144 Å². The van der Waals surface area contributed by atoms with Crippen LogP contribution in [0.4, 0.5) is 5.82 Å². The summed E-state index contributed by atoms with van der Waals surface area (Å²) in [6.07, 6.45) is 4.54. The molecule has 2 heterocycles. The van der Waals surface area contributed by atoms with Gasteiger partial charge in [0.1, 0.15) is 5.82 Å². The van der Waals surface area contributed by atoms with Crippen molar-refractivity contribution in [1.82, 2.24) is 9.97 Å². The molecule has 0 spiro atoms. The molecule has 24 heavy (non-hydrogen) atoms. The van der Waals surface area contributed by atoms with Crippen molar-refractivity contribution in [2.45, 2.75) is 26.2 Å². The third-order valence-corrected chi connectivity index (χ3v) is 4.59. The number of nitrogens with zero attached hydrogens (tertiary/aromatic N) is 2. The van der Waals surface area contributed by atoms with Crippen LogP contribution in [0.5, 0.6) is 0 Å². The van der Waals surface area contributed by atoms with E-state index >= 15 is 0 Å². The fourth-order valence-corrected chi connectivity index (χ4v) is 3.39. The number of halogens is 1. The second-order valence-electron chi connectivity index (χ2n) is 6.10. The number of carbonyl (C=O) groups excluding carboxylic acids is 1. The molecule has 0 atom stereocenters. The summed E-state index contributed by atoms with van der Waals surface area (Å²) in [5.74, 6) is 0.392. The van der Waals surface area contributed by atoms with Crippen molar-refractivity contribution in [3.05, 3.63) is 63.9 Å². The minimum absolute atomic E-state index is 0.154. The summed E-state index contributed by atoms with van der Waals surface area (Å²) in [6, 6.07) is 9.23. The van der Waals surface area contributed by atoms with Crippen LogP contribution in [0.15, 0.2) is 36.5 Å². The zero-order valence-corrected chi connectivity index (χ0v) is 14.0. The molecule has 1 aliphatic carbocycles. The molecule has 0 aliphatic heterocycles. The lowest BCUT2D eigenvalue weighted by atomic mass is 10.0. The van der Waals surface area contributed by atoms with E-state index < -0.39 is 0 Å². The second kappa shape index (κ2) is 5.87. The summed E-state index contributed by atoms with van der Waals surface area (Å²) >= 11 is 6.15. The Kier molecular flexibility index (Phi) is 3.69. The Morgan fingerprint density at radius 3 is 2.88 bits per heavy atom. The Hall–Kier alpha value is -2.46. The minimum atomic E-state index is -0.154. The predicted octanol–water partition coefficient (Wildman–Crippen LogP) is 4.33. The second-order valence-corrected chi connectivity index (χ2v) is 6.54. The number of aromatic nitrogens is 2. The van der Waals surface area contributed by atoms with E-state index in [0.29, 0.717) is 16.4 Å². The lowest BCUT2D eigenvalue weighted by molar-refractivity contribution is 0.102. The first kappa shape index (κ1) is 15.1.